The van der Waals surface area contributed by atoms with Crippen LogP contribution in [0.4, 0.5) is 0 Å². The summed E-state index contributed by atoms with van der Waals surface area (Å²) in [5.41, 5.74) is 2.00. The Morgan fingerprint density at radius 3 is 2.37 bits per heavy atom. The topological polar surface area (TPSA) is 31.4 Å². The van der Waals surface area contributed by atoms with Gasteiger partial charge in [0.1, 0.15) is 5.75 Å². The molecule has 27 heavy (non-hydrogen) atoms. The smallest absolute Gasteiger partial charge is 0.219 e. The highest BCUT2D eigenvalue weighted by Crippen LogP contribution is 2.29. The van der Waals surface area contributed by atoms with Gasteiger partial charge in [-0.3, -0.25) is 0 Å². The molecule has 2 aromatic carbocycles. The average Bonchev–Trinajstić information content (AvgIpc) is 2.69. The van der Waals surface area contributed by atoms with E-state index < -0.39 is 0 Å². The molecule has 3 nitrogen and oxygen atoms in total. The standard InChI is InChI=1S/C23H24ClNO2/c1-3-23(2,18-12-14-19(24)15-13-18)17-26-16-20-8-7-11-22(25-20)27-21-9-5-4-6-10-21/h4-15H,3,16-17H2,1-2H3. The van der Waals surface area contributed by atoms with Crippen molar-refractivity contribution in [2.75, 3.05) is 6.61 Å². The summed E-state index contributed by atoms with van der Waals surface area (Å²) < 4.78 is 11.8. The molecule has 1 unspecified atom stereocenters. The summed E-state index contributed by atoms with van der Waals surface area (Å²) in [6.45, 7) is 5.43. The minimum Gasteiger partial charge on any atom is -0.439 e. The molecule has 0 aliphatic heterocycles. The highest BCUT2D eigenvalue weighted by molar-refractivity contribution is 6.30. The molecule has 1 heterocycles. The molecule has 0 fully saturated rings. The summed E-state index contributed by atoms with van der Waals surface area (Å²) >= 11 is 6.01. The Hall–Kier alpha value is -2.36. The highest BCUT2D eigenvalue weighted by atomic mass is 35.5. The van der Waals surface area contributed by atoms with Gasteiger partial charge in [0.25, 0.3) is 0 Å². The van der Waals surface area contributed by atoms with Crippen molar-refractivity contribution in [2.24, 2.45) is 0 Å². The van der Waals surface area contributed by atoms with Crippen LogP contribution in [0.5, 0.6) is 11.6 Å². The Labute approximate surface area is 165 Å². The molecule has 0 aliphatic carbocycles. The van der Waals surface area contributed by atoms with Crippen LogP contribution in [0.3, 0.4) is 0 Å². The molecule has 0 spiro atoms. The molecule has 1 atom stereocenters. The lowest BCUT2D eigenvalue weighted by molar-refractivity contribution is 0.0726. The molecule has 0 aliphatic rings. The summed E-state index contributed by atoms with van der Waals surface area (Å²) in [6.07, 6.45) is 0.971. The first-order valence-corrected chi connectivity index (χ1v) is 9.49. The fraction of sp³-hybridized carbons (Fsp3) is 0.261. The first-order chi connectivity index (χ1) is 13.1. The van der Waals surface area contributed by atoms with E-state index >= 15 is 0 Å². The Bertz CT molecular complexity index is 852. The second kappa shape index (κ2) is 9.03. The maximum Gasteiger partial charge on any atom is 0.219 e. The molecule has 0 saturated carbocycles. The first-order valence-electron chi connectivity index (χ1n) is 9.12. The van der Waals surface area contributed by atoms with Gasteiger partial charge in [0.05, 0.1) is 18.9 Å². The van der Waals surface area contributed by atoms with Gasteiger partial charge in [0.2, 0.25) is 5.88 Å². The Morgan fingerprint density at radius 2 is 1.67 bits per heavy atom. The maximum atomic E-state index is 6.01. The van der Waals surface area contributed by atoms with E-state index in [0.29, 0.717) is 19.1 Å². The zero-order valence-corrected chi connectivity index (χ0v) is 16.4. The van der Waals surface area contributed by atoms with Gasteiger partial charge >= 0.3 is 0 Å². The normalized spacial score (nSPS) is 13.1. The third kappa shape index (κ3) is 5.31. The molecule has 0 N–H and O–H groups in total. The molecular formula is C23H24ClNO2. The van der Waals surface area contributed by atoms with Crippen molar-refractivity contribution in [3.63, 3.8) is 0 Å². The molecule has 4 heteroatoms. The Balaban J connectivity index is 1.61. The molecule has 0 saturated heterocycles. The van der Waals surface area contributed by atoms with E-state index in [9.17, 15) is 0 Å². The van der Waals surface area contributed by atoms with Crippen molar-refractivity contribution in [2.45, 2.75) is 32.3 Å². The lowest BCUT2D eigenvalue weighted by atomic mass is 9.81. The van der Waals surface area contributed by atoms with E-state index in [2.05, 4.69) is 31.0 Å². The number of benzene rings is 2. The Morgan fingerprint density at radius 1 is 0.926 bits per heavy atom. The van der Waals surface area contributed by atoms with E-state index in [4.69, 9.17) is 21.1 Å². The molecule has 1 aromatic heterocycles. The van der Waals surface area contributed by atoms with Crippen LogP contribution < -0.4 is 4.74 Å². The number of nitrogens with zero attached hydrogens (tertiary/aromatic N) is 1. The van der Waals surface area contributed by atoms with Gasteiger partial charge in [0, 0.05) is 16.5 Å². The predicted octanol–water partition coefficient (Wildman–Crippen LogP) is 6.41. The van der Waals surface area contributed by atoms with Gasteiger partial charge in [-0.25, -0.2) is 4.98 Å². The zero-order valence-electron chi connectivity index (χ0n) is 15.7. The van der Waals surface area contributed by atoms with E-state index in [-0.39, 0.29) is 5.41 Å². The van der Waals surface area contributed by atoms with E-state index in [1.165, 1.54) is 5.56 Å². The van der Waals surface area contributed by atoms with Crippen molar-refractivity contribution in [1.29, 1.82) is 0 Å². The lowest BCUT2D eigenvalue weighted by Gasteiger charge is -2.28. The molecule has 3 rings (SSSR count). The van der Waals surface area contributed by atoms with Crippen LogP contribution in [-0.2, 0) is 16.8 Å². The number of pyridine rings is 1. The van der Waals surface area contributed by atoms with Crippen molar-refractivity contribution in [1.82, 2.24) is 4.98 Å². The largest absolute Gasteiger partial charge is 0.439 e. The van der Waals surface area contributed by atoms with Crippen LogP contribution in [-0.4, -0.2) is 11.6 Å². The summed E-state index contributed by atoms with van der Waals surface area (Å²) in [5.74, 6) is 1.34. The second-order valence-electron chi connectivity index (χ2n) is 6.80. The molecule has 0 radical (unpaired) electrons. The van der Waals surface area contributed by atoms with Crippen molar-refractivity contribution in [3.8, 4) is 11.6 Å². The van der Waals surface area contributed by atoms with Gasteiger partial charge < -0.3 is 9.47 Å². The van der Waals surface area contributed by atoms with Crippen molar-refractivity contribution < 1.29 is 9.47 Å². The van der Waals surface area contributed by atoms with Crippen molar-refractivity contribution >= 4 is 11.6 Å². The fourth-order valence-corrected chi connectivity index (χ4v) is 2.95. The van der Waals surface area contributed by atoms with Gasteiger partial charge in [-0.05, 0) is 42.3 Å². The van der Waals surface area contributed by atoms with Gasteiger partial charge in [0.15, 0.2) is 0 Å². The van der Waals surface area contributed by atoms with Crippen LogP contribution in [0, 0.1) is 0 Å². The van der Waals surface area contributed by atoms with E-state index in [1.807, 2.05) is 60.7 Å². The predicted molar refractivity (Wildman–Crippen MR) is 110 cm³/mol. The number of halogens is 1. The van der Waals surface area contributed by atoms with Crippen LogP contribution in [0.25, 0.3) is 0 Å². The zero-order chi connectivity index (χ0) is 19.1. The monoisotopic (exact) mass is 381 g/mol. The molecule has 0 bridgehead atoms. The molecule has 0 amide bonds. The molecular weight excluding hydrogens is 358 g/mol. The van der Waals surface area contributed by atoms with Crippen LogP contribution >= 0.6 is 11.6 Å². The third-order valence-corrected chi connectivity index (χ3v) is 4.99. The minimum absolute atomic E-state index is 0.0667. The third-order valence-electron chi connectivity index (χ3n) is 4.74. The van der Waals surface area contributed by atoms with Gasteiger partial charge in [-0.15, -0.1) is 0 Å². The van der Waals surface area contributed by atoms with Gasteiger partial charge in [-0.1, -0.05) is 61.8 Å². The average molecular weight is 382 g/mol. The SMILES string of the molecule is CCC(C)(COCc1cccc(Oc2ccccc2)n1)c1ccc(Cl)cc1. The summed E-state index contributed by atoms with van der Waals surface area (Å²) in [7, 11) is 0. The summed E-state index contributed by atoms with van der Waals surface area (Å²) in [6, 6.07) is 23.4. The number of para-hydroxylation sites is 1. The second-order valence-corrected chi connectivity index (χ2v) is 7.23. The minimum atomic E-state index is -0.0667. The number of aromatic nitrogens is 1. The number of ether oxygens (including phenoxy) is 2. The van der Waals surface area contributed by atoms with E-state index in [1.54, 1.807) is 0 Å². The quantitative estimate of drug-likeness (QED) is 0.451. The summed E-state index contributed by atoms with van der Waals surface area (Å²) in [4.78, 5) is 4.53. The molecule has 140 valence electrons. The van der Waals surface area contributed by atoms with Crippen molar-refractivity contribution in [3.05, 3.63) is 89.1 Å². The number of hydrogen-bond donors (Lipinski definition) is 0. The van der Waals surface area contributed by atoms with E-state index in [0.717, 1.165) is 22.9 Å². The molecule has 3 aromatic rings. The lowest BCUT2D eigenvalue weighted by Crippen LogP contribution is -2.27. The van der Waals surface area contributed by atoms with Crippen LogP contribution in [0.2, 0.25) is 5.02 Å². The number of rotatable bonds is 8. The summed E-state index contributed by atoms with van der Waals surface area (Å²) in [5, 5.41) is 0.748. The van der Waals surface area contributed by atoms with Crippen LogP contribution in [0.1, 0.15) is 31.5 Å². The van der Waals surface area contributed by atoms with Gasteiger partial charge in [-0.2, -0.15) is 0 Å². The maximum absolute atomic E-state index is 6.01. The van der Waals surface area contributed by atoms with Crippen LogP contribution in [0.15, 0.2) is 72.8 Å². The highest BCUT2D eigenvalue weighted by Gasteiger charge is 2.25. The fourth-order valence-electron chi connectivity index (χ4n) is 2.83. The number of hydrogen-bond acceptors (Lipinski definition) is 3. The first kappa shape index (κ1) is 19.4. The Kier molecular flexibility index (Phi) is 6.49.